The molecule has 3 aromatic heterocycles. The molecule has 5 heteroatoms. The third-order valence-corrected chi connectivity index (χ3v) is 4.77. The van der Waals surface area contributed by atoms with E-state index in [0.717, 1.165) is 23.6 Å². The molecule has 0 radical (unpaired) electrons. The quantitative estimate of drug-likeness (QED) is 0.717. The van der Waals surface area contributed by atoms with Crippen molar-refractivity contribution in [3.8, 4) is 11.4 Å². The summed E-state index contributed by atoms with van der Waals surface area (Å²) in [5.41, 5.74) is 3.99. The first-order valence-corrected chi connectivity index (χ1v) is 8.37. The van der Waals surface area contributed by atoms with Gasteiger partial charge in [0, 0.05) is 24.4 Å². The lowest BCUT2D eigenvalue weighted by molar-refractivity contribution is 0.248. The number of fused-ring (bicyclic) bond motifs is 1. The smallest absolute Gasteiger partial charge is 0.137 e. The maximum Gasteiger partial charge on any atom is 0.137 e. The Balaban J connectivity index is 1.74. The second-order valence-electron chi connectivity index (χ2n) is 6.27. The highest BCUT2D eigenvalue weighted by atomic mass is 35.5. The molecule has 1 saturated heterocycles. The molecule has 0 N–H and O–H groups in total. The lowest BCUT2D eigenvalue weighted by Gasteiger charge is -2.29. The van der Waals surface area contributed by atoms with E-state index in [9.17, 15) is 0 Å². The first-order valence-electron chi connectivity index (χ1n) is 7.99. The molecule has 4 nitrogen and oxygen atoms in total. The van der Waals surface area contributed by atoms with Crippen LogP contribution in [0.25, 0.3) is 17.0 Å². The highest BCUT2D eigenvalue weighted by Crippen LogP contribution is 2.27. The Bertz CT molecular complexity index is 842. The van der Waals surface area contributed by atoms with Gasteiger partial charge in [0.05, 0.1) is 22.6 Å². The van der Waals surface area contributed by atoms with Gasteiger partial charge in [0.1, 0.15) is 5.65 Å². The number of piperidine rings is 1. The van der Waals surface area contributed by atoms with Crippen molar-refractivity contribution in [2.75, 3.05) is 20.1 Å². The highest BCUT2D eigenvalue weighted by molar-refractivity contribution is 6.30. The van der Waals surface area contributed by atoms with E-state index in [1.54, 1.807) is 0 Å². The standard InChI is InChI=1S/C18H19ClN4/c1-22-9-3-4-13(11-22)15-5-2-6-16(21-15)17-10-20-18-8-7-14(19)12-23(17)18/h2,5-8,10,12-13H,3-4,9,11H2,1H3. The zero-order chi connectivity index (χ0) is 15.8. The molecule has 0 saturated carbocycles. The summed E-state index contributed by atoms with van der Waals surface area (Å²) < 4.78 is 2.00. The van der Waals surface area contributed by atoms with Crippen LogP contribution in [-0.4, -0.2) is 39.4 Å². The Hall–Kier alpha value is -1.91. The molecule has 0 bridgehead atoms. The number of rotatable bonds is 2. The van der Waals surface area contributed by atoms with Crippen molar-refractivity contribution in [1.29, 1.82) is 0 Å². The average Bonchev–Trinajstić information content (AvgIpc) is 2.98. The van der Waals surface area contributed by atoms with Crippen molar-refractivity contribution in [3.63, 3.8) is 0 Å². The summed E-state index contributed by atoms with van der Waals surface area (Å²) in [6, 6.07) is 10.1. The van der Waals surface area contributed by atoms with Crippen LogP contribution in [-0.2, 0) is 0 Å². The Morgan fingerprint density at radius 1 is 1.22 bits per heavy atom. The van der Waals surface area contributed by atoms with Gasteiger partial charge < -0.3 is 4.90 Å². The van der Waals surface area contributed by atoms with Gasteiger partial charge in [0.2, 0.25) is 0 Å². The summed E-state index contributed by atoms with van der Waals surface area (Å²) in [6.07, 6.45) is 6.20. The lowest BCUT2D eigenvalue weighted by Crippen LogP contribution is -2.31. The first kappa shape index (κ1) is 14.7. The molecule has 4 heterocycles. The van der Waals surface area contributed by atoms with Crippen molar-refractivity contribution in [2.24, 2.45) is 0 Å². The number of pyridine rings is 2. The second-order valence-corrected chi connectivity index (χ2v) is 6.70. The summed E-state index contributed by atoms with van der Waals surface area (Å²) in [6.45, 7) is 2.26. The van der Waals surface area contributed by atoms with Gasteiger partial charge in [-0.25, -0.2) is 4.98 Å². The molecule has 0 aliphatic carbocycles. The largest absolute Gasteiger partial charge is 0.306 e. The molecule has 1 aliphatic heterocycles. The number of likely N-dealkylation sites (tertiary alicyclic amines) is 1. The summed E-state index contributed by atoms with van der Waals surface area (Å²) in [5, 5.41) is 0.696. The number of halogens is 1. The minimum absolute atomic E-state index is 0.511. The van der Waals surface area contributed by atoms with E-state index >= 15 is 0 Å². The third kappa shape index (κ3) is 2.84. The van der Waals surface area contributed by atoms with Gasteiger partial charge in [-0.15, -0.1) is 0 Å². The van der Waals surface area contributed by atoms with Crippen LogP contribution in [0.15, 0.2) is 42.7 Å². The maximum atomic E-state index is 6.13. The average molecular weight is 327 g/mol. The molecule has 23 heavy (non-hydrogen) atoms. The number of nitrogens with zero attached hydrogens (tertiary/aromatic N) is 4. The van der Waals surface area contributed by atoms with E-state index < -0.39 is 0 Å². The van der Waals surface area contributed by atoms with Crippen LogP contribution in [0.2, 0.25) is 5.02 Å². The van der Waals surface area contributed by atoms with Crippen LogP contribution < -0.4 is 0 Å². The van der Waals surface area contributed by atoms with Crippen molar-refractivity contribution in [1.82, 2.24) is 19.3 Å². The van der Waals surface area contributed by atoms with Crippen molar-refractivity contribution < 1.29 is 0 Å². The minimum atomic E-state index is 0.511. The van der Waals surface area contributed by atoms with E-state index in [-0.39, 0.29) is 0 Å². The molecule has 0 spiro atoms. The maximum absolute atomic E-state index is 6.13. The van der Waals surface area contributed by atoms with Crippen molar-refractivity contribution in [3.05, 3.63) is 53.4 Å². The van der Waals surface area contributed by atoms with Crippen LogP contribution in [0.5, 0.6) is 0 Å². The number of aromatic nitrogens is 3. The van der Waals surface area contributed by atoms with Crippen molar-refractivity contribution in [2.45, 2.75) is 18.8 Å². The fourth-order valence-corrected chi connectivity index (χ4v) is 3.53. The van der Waals surface area contributed by atoms with E-state index in [0.29, 0.717) is 10.9 Å². The van der Waals surface area contributed by atoms with Crippen LogP contribution >= 0.6 is 11.6 Å². The topological polar surface area (TPSA) is 33.4 Å². The molecular weight excluding hydrogens is 308 g/mol. The fraction of sp³-hybridized carbons (Fsp3) is 0.333. The van der Waals surface area contributed by atoms with Crippen LogP contribution in [0, 0.1) is 0 Å². The molecule has 0 aromatic carbocycles. The van der Waals surface area contributed by atoms with Crippen LogP contribution in [0.4, 0.5) is 0 Å². The van der Waals surface area contributed by atoms with Gasteiger partial charge in [-0.1, -0.05) is 17.7 Å². The van der Waals surface area contributed by atoms with E-state index in [1.807, 2.05) is 35.0 Å². The summed E-state index contributed by atoms with van der Waals surface area (Å²) in [4.78, 5) is 11.8. The lowest BCUT2D eigenvalue weighted by atomic mass is 9.94. The third-order valence-electron chi connectivity index (χ3n) is 4.55. The van der Waals surface area contributed by atoms with Crippen LogP contribution in [0.3, 0.4) is 0 Å². The van der Waals surface area contributed by atoms with E-state index in [1.165, 1.54) is 25.1 Å². The number of hydrogen-bond donors (Lipinski definition) is 0. The zero-order valence-corrected chi connectivity index (χ0v) is 13.9. The second kappa shape index (κ2) is 5.95. The van der Waals surface area contributed by atoms with Gasteiger partial charge in [0.25, 0.3) is 0 Å². The van der Waals surface area contributed by atoms with Gasteiger partial charge in [-0.2, -0.15) is 0 Å². The number of imidazole rings is 1. The SMILES string of the molecule is CN1CCCC(c2cccc(-c3cnc4ccc(Cl)cn34)n2)C1. The Labute approximate surface area is 140 Å². The molecule has 4 rings (SSSR count). The molecule has 3 aromatic rings. The molecule has 1 aliphatic rings. The van der Waals surface area contributed by atoms with Gasteiger partial charge >= 0.3 is 0 Å². The zero-order valence-electron chi connectivity index (χ0n) is 13.1. The Kier molecular flexibility index (Phi) is 3.79. The molecule has 118 valence electrons. The van der Waals surface area contributed by atoms with Gasteiger partial charge in [0.15, 0.2) is 0 Å². The molecule has 1 fully saturated rings. The first-order chi connectivity index (χ1) is 11.2. The normalized spacial score (nSPS) is 19.3. The molecular formula is C18H19ClN4. The Morgan fingerprint density at radius 3 is 3.00 bits per heavy atom. The van der Waals surface area contributed by atoms with Gasteiger partial charge in [-0.05, 0) is 50.7 Å². The predicted octanol–water partition coefficient (Wildman–Crippen LogP) is 3.86. The predicted molar refractivity (Wildman–Crippen MR) is 92.9 cm³/mol. The van der Waals surface area contributed by atoms with Gasteiger partial charge in [-0.3, -0.25) is 9.38 Å². The summed E-state index contributed by atoms with van der Waals surface area (Å²) in [5.74, 6) is 0.511. The number of likely N-dealkylation sites (N-methyl/N-ethyl adjacent to an activating group) is 1. The summed E-state index contributed by atoms with van der Waals surface area (Å²) >= 11 is 6.13. The molecule has 1 unspecified atom stereocenters. The monoisotopic (exact) mass is 326 g/mol. The minimum Gasteiger partial charge on any atom is -0.306 e. The van der Waals surface area contributed by atoms with E-state index in [2.05, 4.69) is 29.1 Å². The van der Waals surface area contributed by atoms with E-state index in [4.69, 9.17) is 16.6 Å². The fourth-order valence-electron chi connectivity index (χ4n) is 3.37. The summed E-state index contributed by atoms with van der Waals surface area (Å²) in [7, 11) is 2.18. The van der Waals surface area contributed by atoms with Crippen LogP contribution in [0.1, 0.15) is 24.5 Å². The molecule has 0 amide bonds. The Morgan fingerprint density at radius 2 is 2.13 bits per heavy atom. The number of hydrogen-bond acceptors (Lipinski definition) is 3. The highest BCUT2D eigenvalue weighted by Gasteiger charge is 2.20. The van der Waals surface area contributed by atoms with Crippen molar-refractivity contribution >= 4 is 17.2 Å². The molecule has 1 atom stereocenters.